The van der Waals surface area contributed by atoms with E-state index in [1.54, 1.807) is 6.07 Å². The Morgan fingerprint density at radius 2 is 2.21 bits per heavy atom. The quantitative estimate of drug-likeness (QED) is 0.871. The zero-order valence-corrected chi connectivity index (χ0v) is 9.67. The van der Waals surface area contributed by atoms with Crippen molar-refractivity contribution in [3.63, 3.8) is 0 Å². The molecule has 0 aliphatic rings. The lowest BCUT2D eigenvalue weighted by molar-refractivity contribution is 0.372. The number of hydrogen-bond acceptors (Lipinski definition) is 3. The van der Waals surface area contributed by atoms with Gasteiger partial charge >= 0.3 is 0 Å². The molecule has 0 unspecified atom stereocenters. The Morgan fingerprint density at radius 3 is 2.79 bits per heavy atom. The van der Waals surface area contributed by atoms with Gasteiger partial charge < -0.3 is 15.6 Å². The molecule has 0 saturated carbocycles. The molecule has 0 amide bonds. The molecule has 0 heterocycles. The minimum atomic E-state index is 0.149. The van der Waals surface area contributed by atoms with E-state index in [1.165, 1.54) is 7.11 Å². The standard InChI is InChI=1S/C10H14BrNO2/c1-14-10-5-7(3-2-4-12)8(11)6-9(10)13/h5-6,13H,2-4,12H2,1H3. The van der Waals surface area contributed by atoms with E-state index in [0.717, 1.165) is 22.9 Å². The Balaban J connectivity index is 2.92. The number of aromatic hydroxyl groups is 1. The van der Waals surface area contributed by atoms with Gasteiger partial charge in [-0.25, -0.2) is 0 Å². The predicted octanol–water partition coefficient (Wildman–Crippen LogP) is 2.05. The highest BCUT2D eigenvalue weighted by Gasteiger charge is 2.07. The number of aryl methyl sites for hydroxylation is 1. The van der Waals surface area contributed by atoms with E-state index in [-0.39, 0.29) is 5.75 Å². The monoisotopic (exact) mass is 259 g/mol. The summed E-state index contributed by atoms with van der Waals surface area (Å²) in [6.45, 7) is 0.662. The Kier molecular flexibility index (Phi) is 4.22. The smallest absolute Gasteiger partial charge is 0.160 e. The van der Waals surface area contributed by atoms with Crippen molar-refractivity contribution in [1.82, 2.24) is 0 Å². The van der Waals surface area contributed by atoms with Crippen molar-refractivity contribution in [1.29, 1.82) is 0 Å². The summed E-state index contributed by atoms with van der Waals surface area (Å²) in [4.78, 5) is 0. The van der Waals surface area contributed by atoms with Crippen LogP contribution in [-0.4, -0.2) is 18.8 Å². The van der Waals surface area contributed by atoms with Crippen LogP contribution in [0.2, 0.25) is 0 Å². The lowest BCUT2D eigenvalue weighted by Gasteiger charge is -2.08. The Morgan fingerprint density at radius 1 is 1.50 bits per heavy atom. The van der Waals surface area contributed by atoms with Crippen LogP contribution in [0.4, 0.5) is 0 Å². The number of nitrogens with two attached hydrogens (primary N) is 1. The number of rotatable bonds is 4. The fraction of sp³-hybridized carbons (Fsp3) is 0.400. The third-order valence-electron chi connectivity index (χ3n) is 2.00. The summed E-state index contributed by atoms with van der Waals surface area (Å²) in [7, 11) is 1.54. The van der Waals surface area contributed by atoms with Gasteiger partial charge in [-0.1, -0.05) is 15.9 Å². The van der Waals surface area contributed by atoms with Gasteiger partial charge in [0.2, 0.25) is 0 Å². The van der Waals surface area contributed by atoms with Crippen molar-refractivity contribution in [2.75, 3.05) is 13.7 Å². The molecule has 1 aromatic carbocycles. The number of hydrogen-bond donors (Lipinski definition) is 2. The third kappa shape index (κ3) is 2.62. The topological polar surface area (TPSA) is 55.5 Å². The second-order valence-corrected chi connectivity index (χ2v) is 3.86. The number of halogens is 1. The molecule has 3 N–H and O–H groups in total. The van der Waals surface area contributed by atoms with E-state index < -0.39 is 0 Å². The fourth-order valence-corrected chi connectivity index (χ4v) is 1.76. The molecule has 3 nitrogen and oxygen atoms in total. The molecule has 14 heavy (non-hydrogen) atoms. The molecular weight excluding hydrogens is 246 g/mol. The Labute approximate surface area is 92.0 Å². The van der Waals surface area contributed by atoms with Crippen LogP contribution in [0.5, 0.6) is 11.5 Å². The van der Waals surface area contributed by atoms with Crippen molar-refractivity contribution in [2.45, 2.75) is 12.8 Å². The van der Waals surface area contributed by atoms with Gasteiger partial charge in [-0.3, -0.25) is 0 Å². The first-order valence-electron chi connectivity index (χ1n) is 4.44. The Bertz CT molecular complexity index is 315. The minimum Gasteiger partial charge on any atom is -0.504 e. The van der Waals surface area contributed by atoms with Crippen LogP contribution in [0.15, 0.2) is 16.6 Å². The lowest BCUT2D eigenvalue weighted by atomic mass is 10.1. The molecule has 0 bridgehead atoms. The maximum Gasteiger partial charge on any atom is 0.160 e. The van der Waals surface area contributed by atoms with E-state index in [4.69, 9.17) is 10.5 Å². The van der Waals surface area contributed by atoms with Crippen LogP contribution in [0.25, 0.3) is 0 Å². The average molecular weight is 260 g/mol. The molecule has 4 heteroatoms. The fourth-order valence-electron chi connectivity index (χ4n) is 1.23. The van der Waals surface area contributed by atoms with Gasteiger partial charge in [0.1, 0.15) is 0 Å². The average Bonchev–Trinajstić information content (AvgIpc) is 2.17. The summed E-state index contributed by atoms with van der Waals surface area (Å²) >= 11 is 3.38. The zero-order chi connectivity index (χ0) is 10.6. The molecule has 0 aromatic heterocycles. The van der Waals surface area contributed by atoms with Crippen molar-refractivity contribution < 1.29 is 9.84 Å². The van der Waals surface area contributed by atoms with Crippen LogP contribution < -0.4 is 10.5 Å². The van der Waals surface area contributed by atoms with Gasteiger partial charge in [-0.2, -0.15) is 0 Å². The first-order chi connectivity index (χ1) is 6.69. The molecule has 0 radical (unpaired) electrons. The first-order valence-corrected chi connectivity index (χ1v) is 5.23. The molecule has 0 fully saturated rings. The van der Waals surface area contributed by atoms with Gasteiger partial charge in [-0.05, 0) is 37.1 Å². The molecule has 78 valence electrons. The predicted molar refractivity (Wildman–Crippen MR) is 59.7 cm³/mol. The van der Waals surface area contributed by atoms with Crippen LogP contribution in [0.1, 0.15) is 12.0 Å². The second kappa shape index (κ2) is 5.22. The summed E-state index contributed by atoms with van der Waals surface area (Å²) in [5, 5.41) is 9.46. The minimum absolute atomic E-state index is 0.149. The van der Waals surface area contributed by atoms with Crippen LogP contribution >= 0.6 is 15.9 Å². The summed E-state index contributed by atoms with van der Waals surface area (Å²) in [6.07, 6.45) is 1.81. The van der Waals surface area contributed by atoms with Gasteiger partial charge in [0.15, 0.2) is 11.5 Å². The molecule has 0 spiro atoms. The van der Waals surface area contributed by atoms with Gasteiger partial charge in [0.05, 0.1) is 7.11 Å². The summed E-state index contributed by atoms with van der Waals surface area (Å²) < 4.78 is 5.91. The second-order valence-electron chi connectivity index (χ2n) is 3.01. The Hall–Kier alpha value is -0.740. The molecule has 1 rings (SSSR count). The maximum absolute atomic E-state index is 9.46. The third-order valence-corrected chi connectivity index (χ3v) is 2.74. The normalized spacial score (nSPS) is 10.2. The largest absolute Gasteiger partial charge is 0.504 e. The summed E-state index contributed by atoms with van der Waals surface area (Å²) in [5.41, 5.74) is 6.53. The highest BCUT2D eigenvalue weighted by Crippen LogP contribution is 2.32. The van der Waals surface area contributed by atoms with Crippen molar-refractivity contribution in [2.24, 2.45) is 5.73 Å². The van der Waals surface area contributed by atoms with E-state index in [2.05, 4.69) is 15.9 Å². The number of methoxy groups -OCH3 is 1. The van der Waals surface area contributed by atoms with Crippen LogP contribution in [0.3, 0.4) is 0 Å². The van der Waals surface area contributed by atoms with Crippen molar-refractivity contribution in [3.05, 3.63) is 22.2 Å². The number of benzene rings is 1. The number of phenolic OH excluding ortho intramolecular Hbond substituents is 1. The highest BCUT2D eigenvalue weighted by atomic mass is 79.9. The number of phenols is 1. The van der Waals surface area contributed by atoms with E-state index in [1.807, 2.05) is 6.07 Å². The SMILES string of the molecule is COc1cc(CCCN)c(Br)cc1O. The molecule has 1 aromatic rings. The molecule has 0 saturated heterocycles. The maximum atomic E-state index is 9.46. The number of ether oxygens (including phenoxy) is 1. The van der Waals surface area contributed by atoms with E-state index >= 15 is 0 Å². The molecular formula is C10H14BrNO2. The van der Waals surface area contributed by atoms with E-state index in [0.29, 0.717) is 12.3 Å². The first kappa shape index (κ1) is 11.3. The van der Waals surface area contributed by atoms with Crippen LogP contribution in [-0.2, 0) is 6.42 Å². The highest BCUT2D eigenvalue weighted by molar-refractivity contribution is 9.10. The lowest BCUT2D eigenvalue weighted by Crippen LogP contribution is -2.01. The van der Waals surface area contributed by atoms with Crippen molar-refractivity contribution >= 4 is 15.9 Å². The summed E-state index contributed by atoms with van der Waals surface area (Å²) in [5.74, 6) is 0.649. The van der Waals surface area contributed by atoms with E-state index in [9.17, 15) is 5.11 Å². The zero-order valence-electron chi connectivity index (χ0n) is 8.09. The van der Waals surface area contributed by atoms with Gasteiger partial charge in [-0.15, -0.1) is 0 Å². The summed E-state index contributed by atoms with van der Waals surface area (Å²) in [6, 6.07) is 3.47. The molecule has 0 aliphatic carbocycles. The molecule has 0 atom stereocenters. The van der Waals surface area contributed by atoms with Gasteiger partial charge in [0, 0.05) is 4.47 Å². The van der Waals surface area contributed by atoms with Crippen LogP contribution in [0, 0.1) is 0 Å². The van der Waals surface area contributed by atoms with Crippen molar-refractivity contribution in [3.8, 4) is 11.5 Å². The van der Waals surface area contributed by atoms with Gasteiger partial charge in [0.25, 0.3) is 0 Å². The molecule has 0 aliphatic heterocycles.